The van der Waals surface area contributed by atoms with Crippen LogP contribution in [0.1, 0.15) is 24.5 Å². The van der Waals surface area contributed by atoms with Crippen molar-refractivity contribution in [3.63, 3.8) is 0 Å². The molecule has 2 rings (SSSR count). The molecule has 0 spiro atoms. The third kappa shape index (κ3) is 5.43. The van der Waals surface area contributed by atoms with Gasteiger partial charge in [-0.3, -0.25) is 9.59 Å². The van der Waals surface area contributed by atoms with Crippen LogP contribution in [0.2, 0.25) is 0 Å². The number of rotatable bonds is 6. The second-order valence-electron chi connectivity index (χ2n) is 5.67. The summed E-state index contributed by atoms with van der Waals surface area (Å²) in [5, 5.41) is 5.48. The standard InChI is InChI=1S/C19H22N2O3/c1-13-4-9-18(14(2)12-13)24-11-10-19(23)21-17-7-5-16(6-8-17)20-15(3)22/h4-9,12H,10-11H2,1-3H3,(H,20,22)(H,21,23). The van der Waals surface area contributed by atoms with Crippen LogP contribution in [-0.4, -0.2) is 18.4 Å². The first-order valence-corrected chi connectivity index (χ1v) is 7.81. The molecule has 0 atom stereocenters. The van der Waals surface area contributed by atoms with Gasteiger partial charge >= 0.3 is 0 Å². The van der Waals surface area contributed by atoms with Crippen molar-refractivity contribution in [2.24, 2.45) is 0 Å². The molecule has 2 amide bonds. The first-order chi connectivity index (χ1) is 11.4. The maximum Gasteiger partial charge on any atom is 0.227 e. The van der Waals surface area contributed by atoms with Crippen molar-refractivity contribution >= 4 is 23.2 Å². The van der Waals surface area contributed by atoms with Gasteiger partial charge in [-0.25, -0.2) is 0 Å². The van der Waals surface area contributed by atoms with Crippen molar-refractivity contribution < 1.29 is 14.3 Å². The summed E-state index contributed by atoms with van der Waals surface area (Å²) in [6.07, 6.45) is 0.265. The van der Waals surface area contributed by atoms with Crippen molar-refractivity contribution in [1.82, 2.24) is 0 Å². The highest BCUT2D eigenvalue weighted by Crippen LogP contribution is 2.19. The molecule has 2 aromatic carbocycles. The molecule has 0 radical (unpaired) electrons. The van der Waals surface area contributed by atoms with E-state index >= 15 is 0 Å². The Morgan fingerprint density at radius 3 is 2.17 bits per heavy atom. The maximum absolute atomic E-state index is 11.9. The van der Waals surface area contributed by atoms with Crippen LogP contribution in [0.15, 0.2) is 42.5 Å². The number of anilines is 2. The average Bonchev–Trinajstić information content (AvgIpc) is 2.51. The molecule has 24 heavy (non-hydrogen) atoms. The molecule has 5 heteroatoms. The van der Waals surface area contributed by atoms with Crippen molar-refractivity contribution in [3.05, 3.63) is 53.6 Å². The highest BCUT2D eigenvalue weighted by atomic mass is 16.5. The van der Waals surface area contributed by atoms with Gasteiger partial charge in [-0.15, -0.1) is 0 Å². The van der Waals surface area contributed by atoms with Gasteiger partial charge in [-0.1, -0.05) is 17.7 Å². The molecule has 2 aromatic rings. The number of benzene rings is 2. The van der Waals surface area contributed by atoms with E-state index in [0.717, 1.165) is 11.3 Å². The molecule has 2 N–H and O–H groups in total. The summed E-state index contributed by atoms with van der Waals surface area (Å²) < 4.78 is 5.65. The summed E-state index contributed by atoms with van der Waals surface area (Å²) in [7, 11) is 0. The van der Waals surface area contributed by atoms with Crippen LogP contribution in [0.3, 0.4) is 0 Å². The first-order valence-electron chi connectivity index (χ1n) is 7.81. The molecular weight excluding hydrogens is 304 g/mol. The summed E-state index contributed by atoms with van der Waals surface area (Å²) >= 11 is 0. The molecule has 0 aliphatic heterocycles. The summed E-state index contributed by atoms with van der Waals surface area (Å²) in [4.78, 5) is 22.9. The Balaban J connectivity index is 1.79. The number of hydrogen-bond donors (Lipinski definition) is 2. The molecule has 0 aliphatic rings. The number of aryl methyl sites for hydroxylation is 2. The summed E-state index contributed by atoms with van der Waals surface area (Å²) in [6, 6.07) is 12.9. The third-order valence-electron chi connectivity index (χ3n) is 3.41. The number of nitrogens with one attached hydrogen (secondary N) is 2. The van der Waals surface area contributed by atoms with E-state index in [9.17, 15) is 9.59 Å². The lowest BCUT2D eigenvalue weighted by Gasteiger charge is -2.10. The minimum atomic E-state index is -0.129. The zero-order valence-electron chi connectivity index (χ0n) is 14.2. The summed E-state index contributed by atoms with van der Waals surface area (Å²) in [5.41, 5.74) is 3.61. The molecule has 0 heterocycles. The zero-order valence-corrected chi connectivity index (χ0v) is 14.2. The molecule has 0 bridgehead atoms. The summed E-state index contributed by atoms with van der Waals surface area (Å²) in [5.74, 6) is 0.551. The van der Waals surface area contributed by atoms with Crippen LogP contribution in [0.25, 0.3) is 0 Å². The average molecular weight is 326 g/mol. The quantitative estimate of drug-likeness (QED) is 0.851. The fourth-order valence-corrected chi connectivity index (χ4v) is 2.28. The van der Waals surface area contributed by atoms with Gasteiger partial charge in [0.15, 0.2) is 0 Å². The Morgan fingerprint density at radius 1 is 0.958 bits per heavy atom. The van der Waals surface area contributed by atoms with Crippen molar-refractivity contribution in [3.8, 4) is 5.75 Å². The van der Waals surface area contributed by atoms with Gasteiger partial charge in [0.25, 0.3) is 0 Å². The van der Waals surface area contributed by atoms with E-state index in [2.05, 4.69) is 10.6 Å². The lowest BCUT2D eigenvalue weighted by Crippen LogP contribution is -2.15. The van der Waals surface area contributed by atoms with Crippen LogP contribution in [0.5, 0.6) is 5.75 Å². The second kappa shape index (κ2) is 8.15. The SMILES string of the molecule is CC(=O)Nc1ccc(NC(=O)CCOc2ccc(C)cc2C)cc1. The van der Waals surface area contributed by atoms with Crippen molar-refractivity contribution in [1.29, 1.82) is 0 Å². The maximum atomic E-state index is 11.9. The van der Waals surface area contributed by atoms with E-state index in [-0.39, 0.29) is 18.2 Å². The predicted octanol–water partition coefficient (Wildman–Crippen LogP) is 3.67. The Labute approximate surface area is 142 Å². The normalized spacial score (nSPS) is 10.1. The number of carbonyl (C=O) groups excluding carboxylic acids is 2. The Bertz CT molecular complexity index is 724. The van der Waals surface area contributed by atoms with E-state index in [1.165, 1.54) is 12.5 Å². The van der Waals surface area contributed by atoms with Crippen molar-refractivity contribution in [2.75, 3.05) is 17.2 Å². The number of amides is 2. The highest BCUT2D eigenvalue weighted by Gasteiger charge is 2.05. The second-order valence-corrected chi connectivity index (χ2v) is 5.67. The van der Waals surface area contributed by atoms with E-state index < -0.39 is 0 Å². The van der Waals surface area contributed by atoms with E-state index in [1.807, 2.05) is 32.0 Å². The molecule has 0 aliphatic carbocycles. The van der Waals surface area contributed by atoms with Crippen LogP contribution >= 0.6 is 0 Å². The largest absolute Gasteiger partial charge is 0.493 e. The minimum absolute atomic E-state index is 0.118. The molecule has 0 fully saturated rings. The zero-order chi connectivity index (χ0) is 17.5. The fraction of sp³-hybridized carbons (Fsp3) is 0.263. The first kappa shape index (κ1) is 17.5. The van der Waals surface area contributed by atoms with Gasteiger partial charge in [0, 0.05) is 18.3 Å². The molecular formula is C19H22N2O3. The van der Waals surface area contributed by atoms with E-state index in [0.29, 0.717) is 18.0 Å². The molecule has 126 valence electrons. The Morgan fingerprint density at radius 2 is 1.58 bits per heavy atom. The predicted molar refractivity (Wildman–Crippen MR) is 95.4 cm³/mol. The van der Waals surface area contributed by atoms with Gasteiger partial charge in [0.2, 0.25) is 11.8 Å². The fourth-order valence-electron chi connectivity index (χ4n) is 2.28. The van der Waals surface area contributed by atoms with Gasteiger partial charge < -0.3 is 15.4 Å². The smallest absolute Gasteiger partial charge is 0.227 e. The third-order valence-corrected chi connectivity index (χ3v) is 3.41. The van der Waals surface area contributed by atoms with Crippen LogP contribution in [0, 0.1) is 13.8 Å². The monoisotopic (exact) mass is 326 g/mol. The lowest BCUT2D eigenvalue weighted by molar-refractivity contribution is -0.116. The molecule has 5 nitrogen and oxygen atoms in total. The Hall–Kier alpha value is -2.82. The number of hydrogen-bond acceptors (Lipinski definition) is 3. The molecule has 0 aromatic heterocycles. The Kier molecular flexibility index (Phi) is 5.95. The number of carbonyl (C=O) groups is 2. The van der Waals surface area contributed by atoms with Crippen LogP contribution in [-0.2, 0) is 9.59 Å². The topological polar surface area (TPSA) is 67.4 Å². The molecule has 0 unspecified atom stereocenters. The van der Waals surface area contributed by atoms with Gasteiger partial charge in [-0.2, -0.15) is 0 Å². The summed E-state index contributed by atoms with van der Waals surface area (Å²) in [6.45, 7) is 5.78. The van der Waals surface area contributed by atoms with Crippen LogP contribution < -0.4 is 15.4 Å². The molecule has 0 saturated carbocycles. The molecule has 0 saturated heterocycles. The number of ether oxygens (including phenoxy) is 1. The van der Waals surface area contributed by atoms with Crippen molar-refractivity contribution in [2.45, 2.75) is 27.2 Å². The van der Waals surface area contributed by atoms with Gasteiger partial charge in [0.05, 0.1) is 13.0 Å². The van der Waals surface area contributed by atoms with E-state index in [1.54, 1.807) is 24.3 Å². The van der Waals surface area contributed by atoms with E-state index in [4.69, 9.17) is 4.74 Å². The van der Waals surface area contributed by atoms with Gasteiger partial charge in [-0.05, 0) is 49.7 Å². The van der Waals surface area contributed by atoms with Gasteiger partial charge in [0.1, 0.15) is 5.75 Å². The minimum Gasteiger partial charge on any atom is -0.493 e. The lowest BCUT2D eigenvalue weighted by atomic mass is 10.1. The van der Waals surface area contributed by atoms with Crippen LogP contribution in [0.4, 0.5) is 11.4 Å². The highest BCUT2D eigenvalue weighted by molar-refractivity contribution is 5.92.